The first kappa shape index (κ1) is 19.5. The van der Waals surface area contributed by atoms with Gasteiger partial charge in [-0.05, 0) is 37.3 Å². The van der Waals surface area contributed by atoms with Crippen molar-refractivity contribution >= 4 is 22.5 Å². The second-order valence-corrected chi connectivity index (χ2v) is 6.43. The van der Waals surface area contributed by atoms with Crippen molar-refractivity contribution in [2.75, 3.05) is 5.32 Å². The number of oxazole rings is 1. The van der Waals surface area contributed by atoms with Gasteiger partial charge in [-0.25, -0.2) is 4.98 Å². The number of aromatic nitrogens is 3. The van der Waals surface area contributed by atoms with E-state index >= 15 is 0 Å². The van der Waals surface area contributed by atoms with Crippen molar-refractivity contribution in [2.45, 2.75) is 19.6 Å². The number of aryl methyl sites for hydroxylation is 1. The minimum absolute atomic E-state index is 0.157. The van der Waals surface area contributed by atoms with Crippen LogP contribution in [0.4, 0.5) is 18.9 Å². The number of alkyl halides is 3. The third-order valence-corrected chi connectivity index (χ3v) is 4.46. The van der Waals surface area contributed by atoms with Crippen LogP contribution in [0.5, 0.6) is 0 Å². The van der Waals surface area contributed by atoms with E-state index in [1.54, 1.807) is 28.9 Å². The average Bonchev–Trinajstić information content (AvgIpc) is 3.31. The van der Waals surface area contributed by atoms with Crippen molar-refractivity contribution in [1.29, 1.82) is 0 Å². The summed E-state index contributed by atoms with van der Waals surface area (Å²) in [4.78, 5) is 28.4. The van der Waals surface area contributed by atoms with Gasteiger partial charge in [0.05, 0.1) is 10.9 Å². The van der Waals surface area contributed by atoms with E-state index in [1.807, 2.05) is 6.92 Å². The van der Waals surface area contributed by atoms with Crippen LogP contribution in [0.3, 0.4) is 0 Å². The van der Waals surface area contributed by atoms with E-state index in [1.165, 1.54) is 24.3 Å². The number of nitrogens with zero attached hydrogens (tertiary/aromatic N) is 2. The number of benzene rings is 2. The summed E-state index contributed by atoms with van der Waals surface area (Å²) in [6.07, 6.45) is -4.91. The van der Waals surface area contributed by atoms with Gasteiger partial charge in [0.25, 0.3) is 11.5 Å². The van der Waals surface area contributed by atoms with Crippen molar-refractivity contribution in [3.8, 4) is 11.5 Å². The topological polar surface area (TPSA) is 92.9 Å². The highest BCUT2D eigenvalue weighted by Crippen LogP contribution is 2.35. The minimum Gasteiger partial charge on any atom is -0.431 e. The van der Waals surface area contributed by atoms with Gasteiger partial charge in [-0.15, -0.1) is 0 Å². The largest absolute Gasteiger partial charge is 0.452 e. The van der Waals surface area contributed by atoms with Crippen LogP contribution in [0.25, 0.3) is 22.4 Å². The molecule has 0 bridgehead atoms. The molecule has 0 saturated heterocycles. The van der Waals surface area contributed by atoms with E-state index in [4.69, 9.17) is 4.42 Å². The maximum atomic E-state index is 13.4. The van der Waals surface area contributed by atoms with Crippen molar-refractivity contribution in [3.63, 3.8) is 0 Å². The van der Waals surface area contributed by atoms with Crippen LogP contribution < -0.4 is 10.9 Å². The Morgan fingerprint density at radius 1 is 1.20 bits per heavy atom. The smallest absolute Gasteiger partial charge is 0.431 e. The summed E-state index contributed by atoms with van der Waals surface area (Å²) in [5, 5.41) is 5.30. The highest BCUT2D eigenvalue weighted by atomic mass is 19.4. The normalized spacial score (nSPS) is 11.7. The lowest BCUT2D eigenvalue weighted by molar-refractivity contribution is -0.153. The predicted molar refractivity (Wildman–Crippen MR) is 103 cm³/mol. The van der Waals surface area contributed by atoms with E-state index in [-0.39, 0.29) is 17.1 Å². The minimum atomic E-state index is -4.91. The van der Waals surface area contributed by atoms with Gasteiger partial charge in [-0.2, -0.15) is 13.2 Å². The van der Waals surface area contributed by atoms with Crippen molar-refractivity contribution in [2.24, 2.45) is 0 Å². The number of carbonyl (C=O) groups is 1. The molecule has 0 unspecified atom stereocenters. The van der Waals surface area contributed by atoms with Crippen molar-refractivity contribution < 1.29 is 22.4 Å². The zero-order valence-electron chi connectivity index (χ0n) is 15.6. The molecule has 0 aliphatic carbocycles. The van der Waals surface area contributed by atoms with Gasteiger partial charge in [0.2, 0.25) is 11.7 Å². The molecule has 0 aliphatic rings. The molecule has 4 rings (SSSR count). The highest BCUT2D eigenvalue weighted by molar-refractivity contribution is 6.04. The van der Waals surface area contributed by atoms with Gasteiger partial charge < -0.3 is 9.73 Å². The molecule has 0 aliphatic heterocycles. The first-order valence-electron chi connectivity index (χ1n) is 8.95. The number of H-pyrrole nitrogens is 1. The fraction of sp³-hybridized carbons (Fsp3) is 0.150. The molecule has 0 atom stereocenters. The van der Waals surface area contributed by atoms with Crippen molar-refractivity contribution in [1.82, 2.24) is 14.8 Å². The molecule has 2 aromatic carbocycles. The maximum absolute atomic E-state index is 13.4. The molecule has 4 aromatic rings. The van der Waals surface area contributed by atoms with Gasteiger partial charge in [0.15, 0.2) is 5.69 Å². The van der Waals surface area contributed by atoms with Crippen LogP contribution in [0.15, 0.2) is 57.7 Å². The number of fused-ring (bicyclic) bond motifs is 1. The lowest BCUT2D eigenvalue weighted by Gasteiger charge is -2.07. The third-order valence-electron chi connectivity index (χ3n) is 4.46. The maximum Gasteiger partial charge on any atom is 0.452 e. The van der Waals surface area contributed by atoms with Crippen LogP contribution in [-0.4, -0.2) is 20.7 Å². The van der Waals surface area contributed by atoms with Gasteiger partial charge in [-0.1, -0.05) is 18.2 Å². The van der Waals surface area contributed by atoms with Crippen LogP contribution in [0, 0.1) is 0 Å². The number of anilines is 1. The molecule has 154 valence electrons. The number of hydrogen-bond donors (Lipinski definition) is 2. The molecular formula is C20H15F3N4O3. The van der Waals surface area contributed by atoms with Crippen LogP contribution in [-0.2, 0) is 12.7 Å². The Labute approximate surface area is 167 Å². The van der Waals surface area contributed by atoms with Gasteiger partial charge in [0.1, 0.15) is 0 Å². The molecule has 0 fully saturated rings. The lowest BCUT2D eigenvalue weighted by atomic mass is 10.2. The molecule has 2 heterocycles. The Morgan fingerprint density at radius 2 is 1.93 bits per heavy atom. The SMILES string of the molecule is CCn1[nH]c(=O)c2cc(NC(=O)c3nc(-c4ccccc4)oc3C(F)(F)F)ccc21. The molecule has 0 radical (unpaired) electrons. The van der Waals surface area contributed by atoms with E-state index in [0.29, 0.717) is 23.0 Å². The lowest BCUT2D eigenvalue weighted by Crippen LogP contribution is -2.18. The molecule has 0 saturated carbocycles. The Morgan fingerprint density at radius 3 is 2.60 bits per heavy atom. The van der Waals surface area contributed by atoms with Gasteiger partial charge >= 0.3 is 6.18 Å². The number of nitrogens with one attached hydrogen (secondary N) is 2. The summed E-state index contributed by atoms with van der Waals surface area (Å²) < 4.78 is 46.7. The Bertz CT molecular complexity index is 1290. The quantitative estimate of drug-likeness (QED) is 0.520. The molecule has 7 nitrogen and oxygen atoms in total. The number of amides is 1. The van der Waals surface area contributed by atoms with Crippen molar-refractivity contribution in [3.05, 3.63) is 70.3 Å². The number of halogens is 3. The number of carbonyl (C=O) groups excluding carboxylic acids is 1. The molecule has 30 heavy (non-hydrogen) atoms. The number of rotatable bonds is 4. The Balaban J connectivity index is 1.71. The van der Waals surface area contributed by atoms with Crippen LogP contribution in [0.1, 0.15) is 23.2 Å². The monoisotopic (exact) mass is 416 g/mol. The molecule has 2 aromatic heterocycles. The van der Waals surface area contributed by atoms with E-state index < -0.39 is 23.5 Å². The van der Waals surface area contributed by atoms with Gasteiger partial charge in [-0.3, -0.25) is 19.4 Å². The number of aromatic amines is 1. The molecular weight excluding hydrogens is 401 g/mol. The fourth-order valence-corrected chi connectivity index (χ4v) is 3.08. The summed E-state index contributed by atoms with van der Waals surface area (Å²) in [5.74, 6) is -2.91. The van der Waals surface area contributed by atoms with Gasteiger partial charge in [0, 0.05) is 17.8 Å². The zero-order chi connectivity index (χ0) is 21.5. The second-order valence-electron chi connectivity index (χ2n) is 6.43. The first-order valence-corrected chi connectivity index (χ1v) is 8.95. The summed E-state index contributed by atoms with van der Waals surface area (Å²) >= 11 is 0. The fourth-order valence-electron chi connectivity index (χ4n) is 3.08. The zero-order valence-corrected chi connectivity index (χ0v) is 15.6. The van der Waals surface area contributed by atoms with Crippen LogP contribution >= 0.6 is 0 Å². The molecule has 2 N–H and O–H groups in total. The molecule has 0 spiro atoms. The second kappa shape index (κ2) is 7.21. The van der Waals surface area contributed by atoms with E-state index in [9.17, 15) is 22.8 Å². The van der Waals surface area contributed by atoms with E-state index in [2.05, 4.69) is 15.4 Å². The summed E-state index contributed by atoms with van der Waals surface area (Å²) in [5.41, 5.74) is -0.183. The highest BCUT2D eigenvalue weighted by Gasteiger charge is 2.42. The third kappa shape index (κ3) is 3.47. The first-order chi connectivity index (χ1) is 14.3. The van der Waals surface area contributed by atoms with Crippen LogP contribution in [0.2, 0.25) is 0 Å². The summed E-state index contributed by atoms with van der Waals surface area (Å²) in [6, 6.07) is 12.4. The summed E-state index contributed by atoms with van der Waals surface area (Å²) in [7, 11) is 0. The average molecular weight is 416 g/mol. The summed E-state index contributed by atoms with van der Waals surface area (Å²) in [6.45, 7) is 2.37. The molecule has 1 amide bonds. The van der Waals surface area contributed by atoms with E-state index in [0.717, 1.165) is 0 Å². The standard InChI is InChI=1S/C20H15F3N4O3/c1-2-27-14-9-8-12(10-13(14)17(28)26-27)24-18(29)15-16(20(21,22)23)30-19(25-15)11-6-4-3-5-7-11/h3-10H,2H2,1H3,(H,24,29)(H,26,28). The Kier molecular flexibility index (Phi) is 4.69. The predicted octanol–water partition coefficient (Wildman–Crippen LogP) is 4.28. The Hall–Kier alpha value is -3.82. The molecule has 10 heteroatoms. The number of hydrogen-bond acceptors (Lipinski definition) is 4.